The second-order valence-electron chi connectivity index (χ2n) is 6.38. The molecule has 1 saturated carbocycles. The number of halogens is 1. The van der Waals surface area contributed by atoms with Crippen molar-refractivity contribution in [3.8, 4) is 10.7 Å². The van der Waals surface area contributed by atoms with E-state index in [-0.39, 0.29) is 0 Å². The van der Waals surface area contributed by atoms with Crippen LogP contribution in [0, 0.1) is 0 Å². The molecule has 25 heavy (non-hydrogen) atoms. The summed E-state index contributed by atoms with van der Waals surface area (Å²) in [6.45, 7) is 2.03. The second kappa shape index (κ2) is 5.93. The van der Waals surface area contributed by atoms with Crippen LogP contribution in [0.2, 0.25) is 5.02 Å². The van der Waals surface area contributed by atoms with Crippen LogP contribution in [0.25, 0.3) is 10.7 Å². The lowest BCUT2D eigenvalue weighted by molar-refractivity contribution is -0.455. The number of nitrogens with one attached hydrogen (secondary N) is 2. The second-order valence-corrected chi connectivity index (χ2v) is 7.95. The normalized spacial score (nSPS) is 16.0. The molecule has 1 fully saturated rings. The fourth-order valence-corrected chi connectivity index (χ4v) is 3.78. The third-order valence-electron chi connectivity index (χ3n) is 4.29. The average Bonchev–Trinajstić information content (AvgIpc) is 3.52. The summed E-state index contributed by atoms with van der Waals surface area (Å²) in [6, 6.07) is 6.22. The van der Waals surface area contributed by atoms with Crippen LogP contribution >= 0.6 is 22.9 Å². The maximum atomic E-state index is 6.26. The summed E-state index contributed by atoms with van der Waals surface area (Å²) in [7, 11) is 0. The van der Waals surface area contributed by atoms with Gasteiger partial charge >= 0.3 is 0 Å². The molecule has 4 heterocycles. The van der Waals surface area contributed by atoms with Crippen LogP contribution in [0.5, 0.6) is 0 Å². The van der Waals surface area contributed by atoms with Gasteiger partial charge in [0.15, 0.2) is 24.0 Å². The number of anilines is 2. The first-order valence-corrected chi connectivity index (χ1v) is 9.45. The van der Waals surface area contributed by atoms with Gasteiger partial charge < -0.3 is 5.32 Å². The third-order valence-corrected chi connectivity index (χ3v) is 5.63. The smallest absolute Gasteiger partial charge is 0.218 e. The van der Waals surface area contributed by atoms with Gasteiger partial charge in [-0.1, -0.05) is 11.6 Å². The van der Waals surface area contributed by atoms with Crippen molar-refractivity contribution in [1.29, 1.82) is 0 Å². The Morgan fingerprint density at radius 3 is 3.04 bits per heavy atom. The molecular formula is C17H16ClN6S+. The van der Waals surface area contributed by atoms with E-state index < -0.39 is 0 Å². The van der Waals surface area contributed by atoms with E-state index in [4.69, 9.17) is 11.6 Å². The molecule has 0 unspecified atom stereocenters. The van der Waals surface area contributed by atoms with Gasteiger partial charge in [0, 0.05) is 17.7 Å². The first-order valence-electron chi connectivity index (χ1n) is 8.26. The number of hydrogen-bond acceptors (Lipinski definition) is 5. The molecule has 0 atom stereocenters. The van der Waals surface area contributed by atoms with Crippen LogP contribution in [0.4, 0.5) is 11.6 Å². The maximum absolute atomic E-state index is 6.26. The van der Waals surface area contributed by atoms with Crippen molar-refractivity contribution in [2.45, 2.75) is 25.3 Å². The van der Waals surface area contributed by atoms with E-state index in [0.29, 0.717) is 22.6 Å². The van der Waals surface area contributed by atoms with Crippen LogP contribution in [-0.4, -0.2) is 37.5 Å². The zero-order chi connectivity index (χ0) is 16.8. The van der Waals surface area contributed by atoms with Crippen molar-refractivity contribution in [3.05, 3.63) is 40.0 Å². The first-order chi connectivity index (χ1) is 12.2. The van der Waals surface area contributed by atoms with E-state index in [1.54, 1.807) is 17.5 Å². The monoisotopic (exact) mass is 371 g/mol. The quantitative estimate of drug-likeness (QED) is 0.646. The lowest BCUT2D eigenvalue weighted by atomic mass is 10.3. The molecule has 3 aromatic heterocycles. The minimum absolute atomic E-state index is 0.482. The van der Waals surface area contributed by atoms with Crippen molar-refractivity contribution in [2.75, 3.05) is 11.9 Å². The average molecular weight is 372 g/mol. The maximum Gasteiger partial charge on any atom is 0.218 e. The van der Waals surface area contributed by atoms with Crippen molar-refractivity contribution in [2.24, 2.45) is 0 Å². The minimum atomic E-state index is 0.482. The highest BCUT2D eigenvalue weighted by atomic mass is 35.5. The lowest BCUT2D eigenvalue weighted by Crippen LogP contribution is -1.98. The Hall–Kier alpha value is -2.25. The molecule has 1 aliphatic heterocycles. The summed E-state index contributed by atoms with van der Waals surface area (Å²) in [6.07, 6.45) is 6.28. The third kappa shape index (κ3) is 3.29. The van der Waals surface area contributed by atoms with Crippen molar-refractivity contribution in [1.82, 2.24) is 20.2 Å². The SMILES string of the molecule is Clc1cnc(-c2ccc(C[N+]3=CC3)s2)nc1Nc1cc(C2CC2)[nH]n1. The number of H-pyrrole nitrogens is 1. The molecule has 1 aliphatic carbocycles. The zero-order valence-corrected chi connectivity index (χ0v) is 14.9. The highest BCUT2D eigenvalue weighted by Crippen LogP contribution is 2.40. The number of rotatable bonds is 6. The van der Waals surface area contributed by atoms with Gasteiger partial charge in [0.1, 0.15) is 5.02 Å². The van der Waals surface area contributed by atoms with E-state index in [2.05, 4.69) is 48.4 Å². The van der Waals surface area contributed by atoms with Gasteiger partial charge in [0.2, 0.25) is 12.8 Å². The molecule has 6 nitrogen and oxygen atoms in total. The van der Waals surface area contributed by atoms with Crippen LogP contribution in [0.15, 0.2) is 24.4 Å². The Balaban J connectivity index is 1.38. The van der Waals surface area contributed by atoms with Crippen LogP contribution in [0.1, 0.15) is 29.3 Å². The molecule has 0 spiro atoms. The lowest BCUT2D eigenvalue weighted by Gasteiger charge is -2.05. The Morgan fingerprint density at radius 1 is 1.36 bits per heavy atom. The Morgan fingerprint density at radius 2 is 2.24 bits per heavy atom. The Kier molecular flexibility index (Phi) is 3.57. The summed E-state index contributed by atoms with van der Waals surface area (Å²) < 4.78 is 2.26. The van der Waals surface area contributed by atoms with Crippen molar-refractivity contribution < 1.29 is 4.58 Å². The molecule has 8 heteroatoms. The van der Waals surface area contributed by atoms with Crippen LogP contribution in [-0.2, 0) is 6.54 Å². The molecule has 0 radical (unpaired) electrons. The zero-order valence-electron chi connectivity index (χ0n) is 13.4. The van der Waals surface area contributed by atoms with E-state index in [9.17, 15) is 0 Å². The van der Waals surface area contributed by atoms with Crippen molar-refractivity contribution >= 4 is 40.8 Å². The minimum Gasteiger partial charge on any atom is -0.322 e. The molecule has 0 amide bonds. The first kappa shape index (κ1) is 15.0. The largest absolute Gasteiger partial charge is 0.322 e. The van der Waals surface area contributed by atoms with Crippen molar-refractivity contribution in [3.63, 3.8) is 0 Å². The Bertz CT molecular complexity index is 971. The molecule has 5 rings (SSSR count). The molecule has 3 aromatic rings. The van der Waals surface area contributed by atoms with Crippen LogP contribution < -0.4 is 5.32 Å². The number of aromatic nitrogens is 4. The standard InChI is InChI=1S/C17H16ClN6S/c18-12-8-19-17(14-4-3-11(25-14)9-24-5-6-24)21-16(12)20-15-7-13(22-23-15)10-1-2-10/h3-5,7-8,10H,1-2,6,9H2,(H2,19,20,21,22,23)/q+1. The summed E-state index contributed by atoms with van der Waals surface area (Å²) in [4.78, 5) is 11.3. The number of aromatic amines is 1. The fourth-order valence-electron chi connectivity index (χ4n) is 2.67. The molecule has 2 aliphatic rings. The number of nitrogens with zero attached hydrogens (tertiary/aromatic N) is 4. The summed E-state index contributed by atoms with van der Waals surface area (Å²) in [5, 5.41) is 11.1. The molecule has 0 aromatic carbocycles. The van der Waals surface area contributed by atoms with Gasteiger partial charge in [-0.25, -0.2) is 14.5 Å². The number of thiophene rings is 1. The Labute approximate surface area is 153 Å². The van der Waals surface area contributed by atoms with Crippen LogP contribution in [0.3, 0.4) is 0 Å². The summed E-state index contributed by atoms with van der Waals surface area (Å²) >= 11 is 7.98. The highest BCUT2D eigenvalue weighted by Gasteiger charge is 2.25. The van der Waals surface area contributed by atoms with Gasteiger partial charge in [-0.15, -0.1) is 11.3 Å². The van der Waals surface area contributed by atoms with Gasteiger partial charge in [-0.05, 0) is 25.0 Å². The van der Waals surface area contributed by atoms with E-state index in [0.717, 1.165) is 23.8 Å². The van der Waals surface area contributed by atoms with Gasteiger partial charge in [-0.2, -0.15) is 5.10 Å². The topological polar surface area (TPSA) is 69.5 Å². The van der Waals surface area contributed by atoms with E-state index >= 15 is 0 Å². The molecule has 0 bridgehead atoms. The number of hydrogen-bond donors (Lipinski definition) is 2. The van der Waals surface area contributed by atoms with E-state index in [1.165, 1.54) is 23.4 Å². The van der Waals surface area contributed by atoms with Gasteiger partial charge in [0.05, 0.1) is 16.0 Å². The molecular weight excluding hydrogens is 356 g/mol. The summed E-state index contributed by atoms with van der Waals surface area (Å²) in [5.74, 6) is 2.62. The predicted molar refractivity (Wildman–Crippen MR) is 99.1 cm³/mol. The fraction of sp³-hybridized carbons (Fsp3) is 0.294. The summed E-state index contributed by atoms with van der Waals surface area (Å²) in [5.41, 5.74) is 1.17. The molecule has 0 saturated heterocycles. The molecule has 126 valence electrons. The molecule has 2 N–H and O–H groups in total. The predicted octanol–water partition coefficient (Wildman–Crippen LogP) is 3.80. The van der Waals surface area contributed by atoms with Gasteiger partial charge in [-0.3, -0.25) is 5.10 Å². The van der Waals surface area contributed by atoms with E-state index in [1.807, 2.05) is 6.07 Å². The highest BCUT2D eigenvalue weighted by molar-refractivity contribution is 7.15. The van der Waals surface area contributed by atoms with Gasteiger partial charge in [0.25, 0.3) is 0 Å².